The van der Waals surface area contributed by atoms with Gasteiger partial charge in [0.1, 0.15) is 21.2 Å². The Hall–Kier alpha value is -3.12. The second kappa shape index (κ2) is 7.01. The number of aromatic nitrogens is 2. The second-order valence-electron chi connectivity index (χ2n) is 5.78. The van der Waals surface area contributed by atoms with E-state index in [-0.39, 0.29) is 18.1 Å². The zero-order valence-electron chi connectivity index (χ0n) is 13.6. The number of carbonyl (C=O) groups is 1. The quantitative estimate of drug-likeness (QED) is 0.573. The van der Waals surface area contributed by atoms with Crippen LogP contribution in [0.3, 0.4) is 0 Å². The van der Waals surface area contributed by atoms with E-state index in [0.717, 1.165) is 26.5 Å². The molecule has 0 aliphatic heterocycles. The molecule has 1 N–H and O–H groups in total. The highest BCUT2D eigenvalue weighted by molar-refractivity contribution is 7.21. The summed E-state index contributed by atoms with van der Waals surface area (Å²) in [5.74, 6) is -0.455. The van der Waals surface area contributed by atoms with E-state index in [2.05, 4.69) is 15.3 Å². The number of anilines is 1. The van der Waals surface area contributed by atoms with Gasteiger partial charge in [0, 0.05) is 17.4 Å². The Kier molecular flexibility index (Phi) is 4.41. The Balaban J connectivity index is 1.45. The van der Waals surface area contributed by atoms with Gasteiger partial charge in [0.15, 0.2) is 0 Å². The van der Waals surface area contributed by atoms with E-state index in [1.807, 2.05) is 36.4 Å². The third-order valence-corrected chi connectivity index (χ3v) is 4.89. The number of hydrogen-bond donors (Lipinski definition) is 1. The Morgan fingerprint density at radius 3 is 2.54 bits per heavy atom. The topological polar surface area (TPSA) is 54.9 Å². The van der Waals surface area contributed by atoms with Crippen LogP contribution in [0.15, 0.2) is 66.9 Å². The largest absolute Gasteiger partial charge is 0.326 e. The highest BCUT2D eigenvalue weighted by atomic mass is 32.1. The number of nitrogens with one attached hydrogen (secondary N) is 1. The summed E-state index contributed by atoms with van der Waals surface area (Å²) in [6.45, 7) is 0. The van der Waals surface area contributed by atoms with Crippen molar-refractivity contribution in [2.45, 2.75) is 6.42 Å². The van der Waals surface area contributed by atoms with E-state index in [9.17, 15) is 9.18 Å². The first-order chi connectivity index (χ1) is 12.7. The van der Waals surface area contributed by atoms with Crippen LogP contribution in [0.1, 0.15) is 5.56 Å². The van der Waals surface area contributed by atoms with Gasteiger partial charge in [0.2, 0.25) is 5.91 Å². The maximum atomic E-state index is 12.9. The van der Waals surface area contributed by atoms with E-state index >= 15 is 0 Å². The van der Waals surface area contributed by atoms with E-state index in [1.165, 1.54) is 23.5 Å². The van der Waals surface area contributed by atoms with Crippen LogP contribution in [0, 0.1) is 5.82 Å². The molecule has 0 spiro atoms. The number of nitrogens with zero attached hydrogens (tertiary/aromatic N) is 2. The van der Waals surface area contributed by atoms with Gasteiger partial charge in [-0.25, -0.2) is 14.4 Å². The van der Waals surface area contributed by atoms with E-state index in [1.54, 1.807) is 18.3 Å². The van der Waals surface area contributed by atoms with Gasteiger partial charge in [-0.2, -0.15) is 0 Å². The van der Waals surface area contributed by atoms with Gasteiger partial charge in [-0.15, -0.1) is 0 Å². The first-order valence-corrected chi connectivity index (χ1v) is 8.85. The molecule has 2 heterocycles. The minimum Gasteiger partial charge on any atom is -0.326 e. The predicted octanol–water partition coefficient (Wildman–Crippen LogP) is 4.68. The lowest BCUT2D eigenvalue weighted by molar-refractivity contribution is -0.115. The van der Waals surface area contributed by atoms with Crippen LogP contribution in [0.4, 0.5) is 10.1 Å². The molecule has 2 aromatic carbocycles. The number of rotatable bonds is 4. The molecular weight excluding hydrogens is 349 g/mol. The van der Waals surface area contributed by atoms with Gasteiger partial charge in [0.05, 0.1) is 6.42 Å². The van der Waals surface area contributed by atoms with Crippen molar-refractivity contribution in [2.24, 2.45) is 0 Å². The Labute approximate surface area is 153 Å². The van der Waals surface area contributed by atoms with Crippen LogP contribution in [0.2, 0.25) is 0 Å². The third-order valence-electron chi connectivity index (χ3n) is 3.86. The molecule has 0 bridgehead atoms. The minimum atomic E-state index is -0.310. The minimum absolute atomic E-state index is 0.145. The maximum absolute atomic E-state index is 12.9. The molecule has 4 rings (SSSR count). The summed E-state index contributed by atoms with van der Waals surface area (Å²) in [6, 6.07) is 17.3. The molecule has 0 radical (unpaired) electrons. The van der Waals surface area contributed by atoms with Gasteiger partial charge >= 0.3 is 0 Å². The average Bonchev–Trinajstić information content (AvgIpc) is 3.08. The molecular formula is C20H14FN3OS. The lowest BCUT2D eigenvalue weighted by Crippen LogP contribution is -2.14. The fourth-order valence-corrected chi connectivity index (χ4v) is 3.50. The van der Waals surface area contributed by atoms with Gasteiger partial charge < -0.3 is 5.32 Å². The van der Waals surface area contributed by atoms with Gasteiger partial charge in [-0.05, 0) is 54.1 Å². The Morgan fingerprint density at radius 1 is 1.04 bits per heavy atom. The number of carbonyl (C=O) groups excluding carboxylic acids is 1. The highest BCUT2D eigenvalue weighted by Crippen LogP contribution is 2.29. The SMILES string of the molecule is O=C(Cc1ccc(F)cc1)Nc1ccc(-c2nc3cccnc3s2)cc1. The van der Waals surface area contributed by atoms with E-state index < -0.39 is 0 Å². The summed E-state index contributed by atoms with van der Waals surface area (Å²) < 4.78 is 12.9. The number of halogens is 1. The Morgan fingerprint density at radius 2 is 1.81 bits per heavy atom. The molecule has 26 heavy (non-hydrogen) atoms. The highest BCUT2D eigenvalue weighted by Gasteiger charge is 2.08. The number of pyridine rings is 1. The summed E-state index contributed by atoms with van der Waals surface area (Å²) in [5, 5.41) is 3.74. The van der Waals surface area contributed by atoms with Gasteiger partial charge in [0.25, 0.3) is 0 Å². The van der Waals surface area contributed by atoms with Crippen LogP contribution in [-0.2, 0) is 11.2 Å². The average molecular weight is 363 g/mol. The summed E-state index contributed by atoms with van der Waals surface area (Å²) in [4.78, 5) is 21.9. The standard InChI is InChI=1S/C20H14FN3OS/c21-15-7-3-13(4-8-15)12-18(25)23-16-9-5-14(6-10-16)19-24-17-2-1-11-22-20(17)26-19/h1-11H,12H2,(H,23,25). The lowest BCUT2D eigenvalue weighted by atomic mass is 10.1. The van der Waals surface area contributed by atoms with Crippen molar-refractivity contribution in [3.05, 3.63) is 78.2 Å². The summed E-state index contributed by atoms with van der Waals surface area (Å²) in [6.07, 6.45) is 1.95. The normalized spacial score (nSPS) is 10.8. The maximum Gasteiger partial charge on any atom is 0.228 e. The zero-order chi connectivity index (χ0) is 17.9. The first kappa shape index (κ1) is 16.4. The van der Waals surface area contributed by atoms with Gasteiger partial charge in [-0.1, -0.05) is 23.5 Å². The lowest BCUT2D eigenvalue weighted by Gasteiger charge is -2.06. The Bertz CT molecular complexity index is 1030. The van der Waals surface area contributed by atoms with Crippen molar-refractivity contribution in [3.8, 4) is 10.6 Å². The molecule has 4 nitrogen and oxygen atoms in total. The monoisotopic (exact) mass is 363 g/mol. The van der Waals surface area contributed by atoms with E-state index in [4.69, 9.17) is 0 Å². The van der Waals surface area contributed by atoms with Crippen LogP contribution in [-0.4, -0.2) is 15.9 Å². The molecule has 0 aliphatic rings. The molecule has 4 aromatic rings. The summed E-state index contributed by atoms with van der Waals surface area (Å²) >= 11 is 1.53. The molecule has 6 heteroatoms. The van der Waals surface area contributed by atoms with E-state index in [0.29, 0.717) is 5.69 Å². The van der Waals surface area contributed by atoms with Crippen molar-refractivity contribution in [1.29, 1.82) is 0 Å². The van der Waals surface area contributed by atoms with Crippen LogP contribution >= 0.6 is 11.3 Å². The number of amides is 1. The van der Waals surface area contributed by atoms with Crippen molar-refractivity contribution in [3.63, 3.8) is 0 Å². The molecule has 0 atom stereocenters. The number of benzene rings is 2. The molecule has 0 aliphatic carbocycles. The van der Waals surface area contributed by atoms with Crippen molar-refractivity contribution < 1.29 is 9.18 Å². The molecule has 0 saturated heterocycles. The second-order valence-corrected chi connectivity index (χ2v) is 6.75. The fourth-order valence-electron chi connectivity index (χ4n) is 2.58. The van der Waals surface area contributed by atoms with Crippen molar-refractivity contribution in [1.82, 2.24) is 9.97 Å². The van der Waals surface area contributed by atoms with Crippen LogP contribution in [0.5, 0.6) is 0 Å². The molecule has 0 saturated carbocycles. The molecule has 128 valence electrons. The fraction of sp³-hybridized carbons (Fsp3) is 0.0500. The molecule has 2 aromatic heterocycles. The predicted molar refractivity (Wildman–Crippen MR) is 102 cm³/mol. The van der Waals surface area contributed by atoms with Gasteiger partial charge in [-0.3, -0.25) is 4.79 Å². The van der Waals surface area contributed by atoms with Crippen molar-refractivity contribution in [2.75, 3.05) is 5.32 Å². The summed E-state index contributed by atoms with van der Waals surface area (Å²) in [7, 11) is 0. The first-order valence-electron chi connectivity index (χ1n) is 8.04. The van der Waals surface area contributed by atoms with Crippen LogP contribution in [0.25, 0.3) is 20.9 Å². The summed E-state index contributed by atoms with van der Waals surface area (Å²) in [5.41, 5.74) is 3.33. The smallest absolute Gasteiger partial charge is 0.228 e. The van der Waals surface area contributed by atoms with Crippen molar-refractivity contribution >= 4 is 33.3 Å². The molecule has 0 unspecified atom stereocenters. The number of fused-ring (bicyclic) bond motifs is 1. The molecule has 1 amide bonds. The third kappa shape index (κ3) is 3.60. The molecule has 0 fully saturated rings. The number of thiazole rings is 1. The number of hydrogen-bond acceptors (Lipinski definition) is 4. The van der Waals surface area contributed by atoms with Crippen LogP contribution < -0.4 is 5.32 Å². The zero-order valence-corrected chi connectivity index (χ0v) is 14.5.